The number of para-hydroxylation sites is 1. The van der Waals surface area contributed by atoms with Crippen molar-refractivity contribution in [2.24, 2.45) is 0 Å². The maximum Gasteiger partial charge on any atom is 0.220 e. The number of amides is 1. The number of ketones is 1. The molecule has 4 rings (SSSR count). The Morgan fingerprint density at radius 2 is 1.83 bits per heavy atom. The van der Waals surface area contributed by atoms with Crippen molar-refractivity contribution in [3.05, 3.63) is 59.8 Å². The molecule has 0 spiro atoms. The Morgan fingerprint density at radius 1 is 1.00 bits per heavy atom. The quantitative estimate of drug-likeness (QED) is 0.574. The number of Topliss-reactive ketones (excluding diaryl/α,β-unsaturated/α-hetero) is 1. The van der Waals surface area contributed by atoms with Gasteiger partial charge in [0.1, 0.15) is 13.2 Å². The highest BCUT2D eigenvalue weighted by molar-refractivity contribution is 5.97. The van der Waals surface area contributed by atoms with Crippen LogP contribution >= 0.6 is 0 Å². The van der Waals surface area contributed by atoms with E-state index in [2.05, 4.69) is 16.4 Å². The van der Waals surface area contributed by atoms with Crippen molar-refractivity contribution >= 4 is 22.6 Å². The highest BCUT2D eigenvalue weighted by Crippen LogP contribution is 2.31. The summed E-state index contributed by atoms with van der Waals surface area (Å²) < 4.78 is 11.0. The van der Waals surface area contributed by atoms with Gasteiger partial charge < -0.3 is 19.8 Å². The van der Waals surface area contributed by atoms with Gasteiger partial charge in [0.15, 0.2) is 17.3 Å². The number of nitrogens with one attached hydrogen (secondary N) is 2. The lowest BCUT2D eigenvalue weighted by Gasteiger charge is -2.18. The van der Waals surface area contributed by atoms with Crippen LogP contribution in [0.5, 0.6) is 11.5 Å². The van der Waals surface area contributed by atoms with Crippen LogP contribution in [0.1, 0.15) is 35.2 Å². The molecule has 0 saturated heterocycles. The lowest BCUT2D eigenvalue weighted by atomic mass is 10.0. The third-order valence-corrected chi connectivity index (χ3v) is 5.06. The van der Waals surface area contributed by atoms with Gasteiger partial charge in [0, 0.05) is 42.0 Å². The summed E-state index contributed by atoms with van der Waals surface area (Å²) in [4.78, 5) is 27.7. The van der Waals surface area contributed by atoms with E-state index in [1.54, 1.807) is 18.2 Å². The summed E-state index contributed by atoms with van der Waals surface area (Å²) in [5.41, 5.74) is 2.88. The molecular weight excluding hydrogens is 368 g/mol. The Morgan fingerprint density at radius 3 is 2.72 bits per heavy atom. The summed E-state index contributed by atoms with van der Waals surface area (Å²) in [6.45, 7) is 1.59. The molecule has 0 atom stereocenters. The Labute approximate surface area is 169 Å². The molecule has 1 aliphatic rings. The van der Waals surface area contributed by atoms with Crippen LogP contribution in [0.3, 0.4) is 0 Å². The molecule has 0 fully saturated rings. The first kappa shape index (κ1) is 19.1. The average Bonchev–Trinajstić information content (AvgIpc) is 3.16. The monoisotopic (exact) mass is 392 g/mol. The minimum absolute atomic E-state index is 0.00793. The molecule has 6 heteroatoms. The number of ether oxygens (including phenoxy) is 2. The first-order chi connectivity index (χ1) is 14.2. The number of carbonyl (C=O) groups is 2. The number of hydrogen-bond acceptors (Lipinski definition) is 4. The molecule has 1 amide bonds. The Balaban J connectivity index is 1.19. The van der Waals surface area contributed by atoms with Gasteiger partial charge in [-0.25, -0.2) is 0 Å². The number of H-pyrrole nitrogens is 1. The molecule has 0 bridgehead atoms. The van der Waals surface area contributed by atoms with Crippen LogP contribution in [0, 0.1) is 0 Å². The zero-order valence-corrected chi connectivity index (χ0v) is 16.2. The topological polar surface area (TPSA) is 80.4 Å². The summed E-state index contributed by atoms with van der Waals surface area (Å²) in [5.74, 6) is 1.26. The van der Waals surface area contributed by atoms with Crippen LogP contribution in [0.25, 0.3) is 10.9 Å². The van der Waals surface area contributed by atoms with Crippen molar-refractivity contribution in [2.75, 3.05) is 19.8 Å². The molecule has 150 valence electrons. The highest BCUT2D eigenvalue weighted by atomic mass is 16.6. The number of rotatable bonds is 8. The molecule has 6 nitrogen and oxygen atoms in total. The average molecular weight is 392 g/mol. The zero-order chi connectivity index (χ0) is 20.1. The number of carbonyl (C=O) groups excluding carboxylic acids is 2. The molecule has 1 aromatic heterocycles. The Hall–Kier alpha value is -3.28. The van der Waals surface area contributed by atoms with Gasteiger partial charge in [0.2, 0.25) is 5.91 Å². The van der Waals surface area contributed by atoms with E-state index in [0.717, 1.165) is 11.9 Å². The van der Waals surface area contributed by atoms with Crippen molar-refractivity contribution in [1.82, 2.24) is 10.3 Å². The van der Waals surface area contributed by atoms with Crippen LogP contribution in [0.2, 0.25) is 0 Å². The van der Waals surface area contributed by atoms with Gasteiger partial charge in [-0.3, -0.25) is 9.59 Å². The van der Waals surface area contributed by atoms with Crippen molar-refractivity contribution in [1.29, 1.82) is 0 Å². The van der Waals surface area contributed by atoms with E-state index >= 15 is 0 Å². The van der Waals surface area contributed by atoms with Crippen LogP contribution in [-0.2, 0) is 11.2 Å². The third-order valence-electron chi connectivity index (χ3n) is 5.06. The maximum absolute atomic E-state index is 12.4. The molecule has 2 aromatic carbocycles. The smallest absolute Gasteiger partial charge is 0.220 e. The predicted octanol–water partition coefficient (Wildman–Crippen LogP) is 3.65. The van der Waals surface area contributed by atoms with Crippen molar-refractivity contribution in [2.45, 2.75) is 25.7 Å². The fourth-order valence-corrected chi connectivity index (χ4v) is 3.53. The van der Waals surface area contributed by atoms with Crippen molar-refractivity contribution < 1.29 is 19.1 Å². The van der Waals surface area contributed by atoms with Crippen LogP contribution < -0.4 is 14.8 Å². The fourth-order valence-electron chi connectivity index (χ4n) is 3.53. The van der Waals surface area contributed by atoms with Gasteiger partial charge in [0.25, 0.3) is 0 Å². The van der Waals surface area contributed by atoms with E-state index in [1.165, 1.54) is 10.9 Å². The highest BCUT2D eigenvalue weighted by Gasteiger charge is 2.15. The Bertz CT molecular complexity index is 1020. The van der Waals surface area contributed by atoms with E-state index in [9.17, 15) is 9.59 Å². The minimum Gasteiger partial charge on any atom is -0.486 e. The molecular formula is C23H24N2O4. The lowest BCUT2D eigenvalue weighted by molar-refractivity contribution is -0.121. The minimum atomic E-state index is -0.0279. The van der Waals surface area contributed by atoms with E-state index in [1.807, 2.05) is 24.4 Å². The number of hydrogen-bond donors (Lipinski definition) is 2. The van der Waals surface area contributed by atoms with Gasteiger partial charge in [0.05, 0.1) is 0 Å². The number of benzene rings is 2. The van der Waals surface area contributed by atoms with E-state index < -0.39 is 0 Å². The first-order valence-electron chi connectivity index (χ1n) is 9.95. The second-order valence-electron chi connectivity index (χ2n) is 7.09. The largest absolute Gasteiger partial charge is 0.486 e. The van der Waals surface area contributed by atoms with Crippen molar-refractivity contribution in [3.63, 3.8) is 0 Å². The van der Waals surface area contributed by atoms with Gasteiger partial charge in [-0.1, -0.05) is 18.2 Å². The van der Waals surface area contributed by atoms with Gasteiger partial charge in [-0.05, 0) is 42.7 Å². The number of aromatic nitrogens is 1. The number of fused-ring (bicyclic) bond motifs is 2. The molecule has 0 aliphatic carbocycles. The summed E-state index contributed by atoms with van der Waals surface area (Å²) >= 11 is 0. The molecule has 0 radical (unpaired) electrons. The summed E-state index contributed by atoms with van der Waals surface area (Å²) in [7, 11) is 0. The molecule has 29 heavy (non-hydrogen) atoms. The van der Waals surface area contributed by atoms with Gasteiger partial charge in [-0.15, -0.1) is 0 Å². The maximum atomic E-state index is 12.4. The van der Waals surface area contributed by atoms with Gasteiger partial charge >= 0.3 is 0 Å². The fraction of sp³-hybridized carbons (Fsp3) is 0.304. The number of aromatic amines is 1. The van der Waals surface area contributed by atoms with E-state index in [4.69, 9.17) is 9.47 Å². The molecule has 1 aliphatic heterocycles. The van der Waals surface area contributed by atoms with Crippen LogP contribution in [-0.4, -0.2) is 36.4 Å². The summed E-state index contributed by atoms with van der Waals surface area (Å²) in [5, 5.41) is 4.13. The van der Waals surface area contributed by atoms with Crippen LogP contribution in [0.4, 0.5) is 0 Å². The van der Waals surface area contributed by atoms with Gasteiger partial charge in [-0.2, -0.15) is 0 Å². The summed E-state index contributed by atoms with van der Waals surface area (Å²) in [6, 6.07) is 13.4. The Kier molecular flexibility index (Phi) is 5.79. The van der Waals surface area contributed by atoms with Crippen LogP contribution in [0.15, 0.2) is 48.7 Å². The van der Waals surface area contributed by atoms with Crippen molar-refractivity contribution in [3.8, 4) is 11.5 Å². The summed E-state index contributed by atoms with van der Waals surface area (Å²) in [6.07, 6.45) is 3.95. The van der Waals surface area contributed by atoms with E-state index in [-0.39, 0.29) is 11.7 Å². The second-order valence-corrected chi connectivity index (χ2v) is 7.09. The first-order valence-corrected chi connectivity index (χ1v) is 9.95. The standard InChI is InChI=1S/C23H24N2O4/c26-20(16-8-9-21-22(14-16)29-13-12-28-21)6-3-7-23(27)24-11-10-17-15-25-19-5-2-1-4-18(17)19/h1-2,4-5,8-9,14-15,25H,3,6-7,10-13H2,(H,24,27). The predicted molar refractivity (Wildman–Crippen MR) is 111 cm³/mol. The molecule has 0 saturated carbocycles. The zero-order valence-electron chi connectivity index (χ0n) is 16.2. The second kappa shape index (κ2) is 8.82. The third kappa shape index (κ3) is 4.59. The van der Waals surface area contributed by atoms with E-state index in [0.29, 0.717) is 56.1 Å². The normalized spacial score (nSPS) is 12.7. The SMILES string of the molecule is O=C(CCCC(=O)c1ccc2c(c1)OCCO2)NCCc1c[nH]c2ccccc12. The molecule has 2 heterocycles. The molecule has 2 N–H and O–H groups in total. The molecule has 0 unspecified atom stereocenters. The molecule has 3 aromatic rings. The lowest BCUT2D eigenvalue weighted by Crippen LogP contribution is -2.25.